The van der Waals surface area contributed by atoms with Crippen LogP contribution in [0.2, 0.25) is 0 Å². The molecule has 1 fully saturated rings. The number of rotatable bonds is 5. The van der Waals surface area contributed by atoms with Gasteiger partial charge in [0.2, 0.25) is 5.91 Å². The molecular weight excluding hydrogens is 234 g/mol. The zero-order valence-corrected chi connectivity index (χ0v) is 11.3. The molecule has 1 heterocycles. The second-order valence-electron chi connectivity index (χ2n) is 4.80. The number of carbonyl (C=O) groups excluding carboxylic acids is 1. The first kappa shape index (κ1) is 12.7. The molecule has 0 aromatic heterocycles. The van der Waals surface area contributed by atoms with E-state index in [-0.39, 0.29) is 11.9 Å². The van der Waals surface area contributed by atoms with E-state index in [0.717, 1.165) is 30.6 Å². The van der Waals surface area contributed by atoms with Crippen LogP contribution in [0.3, 0.4) is 0 Å². The lowest BCUT2D eigenvalue weighted by Gasteiger charge is -2.14. The van der Waals surface area contributed by atoms with Gasteiger partial charge in [-0.1, -0.05) is 18.7 Å². The van der Waals surface area contributed by atoms with E-state index in [0.29, 0.717) is 5.25 Å². The molecule has 2 aliphatic rings. The molecule has 2 rings (SSSR count). The zero-order valence-electron chi connectivity index (χ0n) is 10.5. The lowest BCUT2D eigenvalue weighted by atomic mass is 10.3. The van der Waals surface area contributed by atoms with Gasteiger partial charge in [0.1, 0.15) is 6.04 Å². The predicted molar refractivity (Wildman–Crippen MR) is 72.3 cm³/mol. The van der Waals surface area contributed by atoms with Crippen molar-refractivity contribution in [3.63, 3.8) is 0 Å². The number of amidine groups is 1. The summed E-state index contributed by atoms with van der Waals surface area (Å²) in [6.07, 6.45) is 3.68. The fourth-order valence-corrected chi connectivity index (χ4v) is 3.13. The van der Waals surface area contributed by atoms with E-state index in [1.54, 1.807) is 0 Å². The largest absolute Gasteiger partial charge is 0.354 e. The lowest BCUT2D eigenvalue weighted by molar-refractivity contribution is -0.122. The Kier molecular flexibility index (Phi) is 4.31. The van der Waals surface area contributed by atoms with Crippen LogP contribution in [0.4, 0.5) is 0 Å². The molecule has 0 saturated heterocycles. The maximum absolute atomic E-state index is 11.7. The molecule has 0 bridgehead atoms. The molecule has 96 valence electrons. The van der Waals surface area contributed by atoms with Crippen molar-refractivity contribution in [2.75, 3.05) is 13.1 Å². The minimum absolute atomic E-state index is 0.0602. The Labute approximate surface area is 107 Å². The van der Waals surface area contributed by atoms with E-state index in [9.17, 15) is 4.79 Å². The smallest absolute Gasteiger partial charge is 0.242 e. The first-order valence-electron chi connectivity index (χ1n) is 6.46. The van der Waals surface area contributed by atoms with Gasteiger partial charge in [0, 0.05) is 11.8 Å². The van der Waals surface area contributed by atoms with Crippen LogP contribution in [0.5, 0.6) is 0 Å². The van der Waals surface area contributed by atoms with Crippen LogP contribution < -0.4 is 10.6 Å². The number of nitrogens with one attached hydrogen (secondary N) is 2. The summed E-state index contributed by atoms with van der Waals surface area (Å²) in [4.78, 5) is 16.1. The molecular formula is C12H21N3OS. The van der Waals surface area contributed by atoms with E-state index in [1.807, 2.05) is 18.7 Å². The number of carbonyl (C=O) groups is 1. The third-order valence-electron chi connectivity index (χ3n) is 3.11. The van der Waals surface area contributed by atoms with E-state index in [4.69, 9.17) is 0 Å². The maximum Gasteiger partial charge on any atom is 0.242 e. The highest BCUT2D eigenvalue weighted by Crippen LogP contribution is 2.41. The third-order valence-corrected chi connectivity index (χ3v) is 4.42. The van der Waals surface area contributed by atoms with Crippen molar-refractivity contribution in [2.45, 2.75) is 44.4 Å². The molecule has 1 amide bonds. The Morgan fingerprint density at radius 2 is 2.35 bits per heavy atom. The summed E-state index contributed by atoms with van der Waals surface area (Å²) in [5.74, 6) is 0.928. The van der Waals surface area contributed by atoms with Crippen LogP contribution in [-0.2, 0) is 4.79 Å². The van der Waals surface area contributed by atoms with Crippen LogP contribution in [0.1, 0.15) is 33.1 Å². The van der Waals surface area contributed by atoms with Gasteiger partial charge in [-0.15, -0.1) is 0 Å². The molecule has 1 aliphatic carbocycles. The molecule has 17 heavy (non-hydrogen) atoms. The van der Waals surface area contributed by atoms with E-state index in [1.165, 1.54) is 12.8 Å². The molecule has 0 radical (unpaired) electrons. The van der Waals surface area contributed by atoms with Crippen LogP contribution in [0.15, 0.2) is 4.99 Å². The van der Waals surface area contributed by atoms with Gasteiger partial charge in [0.15, 0.2) is 5.17 Å². The minimum atomic E-state index is -0.189. The summed E-state index contributed by atoms with van der Waals surface area (Å²) in [7, 11) is 0. The monoisotopic (exact) mass is 255 g/mol. The first-order chi connectivity index (χ1) is 8.20. The Morgan fingerprint density at radius 3 is 3.00 bits per heavy atom. The molecule has 2 N–H and O–H groups in total. The van der Waals surface area contributed by atoms with Crippen molar-refractivity contribution in [3.8, 4) is 0 Å². The summed E-state index contributed by atoms with van der Waals surface area (Å²) in [5, 5.41) is 7.69. The Morgan fingerprint density at radius 1 is 1.59 bits per heavy atom. The molecule has 4 nitrogen and oxygen atoms in total. The standard InChI is InChI=1S/C12H21N3OS/c1-3-6-13-11(16)8(2)15-12-14-7-10(17-12)9-4-5-9/h8-10H,3-7H2,1-2H3,(H,13,16)(H,14,15). The Bertz CT molecular complexity index is 315. The number of nitrogens with zero attached hydrogens (tertiary/aromatic N) is 1. The van der Waals surface area contributed by atoms with E-state index < -0.39 is 0 Å². The maximum atomic E-state index is 11.7. The number of hydrogen-bond donors (Lipinski definition) is 2. The molecule has 1 aliphatic heterocycles. The molecule has 2 unspecified atom stereocenters. The normalized spacial score (nSPS) is 25.3. The predicted octanol–water partition coefficient (Wildman–Crippen LogP) is 1.37. The van der Waals surface area contributed by atoms with Crippen molar-refractivity contribution in [3.05, 3.63) is 0 Å². The van der Waals surface area contributed by atoms with Crippen LogP contribution in [0.25, 0.3) is 0 Å². The van der Waals surface area contributed by atoms with Gasteiger partial charge in [0.05, 0.1) is 6.54 Å². The molecule has 5 heteroatoms. The zero-order chi connectivity index (χ0) is 12.3. The van der Waals surface area contributed by atoms with Gasteiger partial charge in [-0.25, -0.2) is 0 Å². The average Bonchev–Trinajstić information content (AvgIpc) is 3.07. The molecule has 2 atom stereocenters. The first-order valence-corrected chi connectivity index (χ1v) is 7.34. The number of amides is 1. The Balaban J connectivity index is 1.71. The summed E-state index contributed by atoms with van der Waals surface area (Å²) in [6.45, 7) is 5.60. The molecule has 0 spiro atoms. The van der Waals surface area contributed by atoms with Crippen LogP contribution >= 0.6 is 11.8 Å². The van der Waals surface area contributed by atoms with Gasteiger partial charge < -0.3 is 10.6 Å². The second kappa shape index (κ2) is 5.76. The van der Waals surface area contributed by atoms with E-state index in [2.05, 4.69) is 22.5 Å². The highest BCUT2D eigenvalue weighted by atomic mass is 32.2. The average molecular weight is 255 g/mol. The van der Waals surface area contributed by atoms with Gasteiger partial charge >= 0.3 is 0 Å². The molecule has 1 saturated carbocycles. The highest BCUT2D eigenvalue weighted by molar-refractivity contribution is 8.14. The topological polar surface area (TPSA) is 53.5 Å². The lowest BCUT2D eigenvalue weighted by Crippen LogP contribution is -2.44. The molecule has 0 aromatic rings. The summed E-state index contributed by atoms with van der Waals surface area (Å²) >= 11 is 1.81. The van der Waals surface area contributed by atoms with Crippen molar-refractivity contribution in [2.24, 2.45) is 10.9 Å². The summed E-state index contributed by atoms with van der Waals surface area (Å²) in [5.41, 5.74) is 0. The van der Waals surface area contributed by atoms with Crippen molar-refractivity contribution in [1.29, 1.82) is 0 Å². The number of hydrogen-bond acceptors (Lipinski definition) is 4. The van der Waals surface area contributed by atoms with Gasteiger partial charge in [-0.05, 0) is 32.1 Å². The third kappa shape index (κ3) is 3.63. The summed E-state index contributed by atoms with van der Waals surface area (Å²) < 4.78 is 0. The fraction of sp³-hybridized carbons (Fsp3) is 0.833. The van der Waals surface area contributed by atoms with E-state index >= 15 is 0 Å². The van der Waals surface area contributed by atoms with Gasteiger partial charge in [-0.3, -0.25) is 9.79 Å². The second-order valence-corrected chi connectivity index (χ2v) is 6.02. The van der Waals surface area contributed by atoms with Crippen molar-refractivity contribution < 1.29 is 4.79 Å². The van der Waals surface area contributed by atoms with Crippen LogP contribution in [-0.4, -0.2) is 35.5 Å². The Hall–Kier alpha value is -0.710. The fourth-order valence-electron chi connectivity index (χ4n) is 1.84. The van der Waals surface area contributed by atoms with Gasteiger partial charge in [-0.2, -0.15) is 0 Å². The quantitative estimate of drug-likeness (QED) is 0.780. The van der Waals surface area contributed by atoms with Crippen LogP contribution in [0, 0.1) is 5.92 Å². The van der Waals surface area contributed by atoms with Gasteiger partial charge in [0.25, 0.3) is 0 Å². The number of thioether (sulfide) groups is 1. The SMILES string of the molecule is CCCNC(=O)C(C)NC1=NCC(C2CC2)S1. The summed E-state index contributed by atoms with van der Waals surface area (Å²) in [6, 6.07) is -0.189. The molecule has 0 aromatic carbocycles. The highest BCUT2D eigenvalue weighted by Gasteiger charge is 2.35. The van der Waals surface area contributed by atoms with Crippen molar-refractivity contribution >= 4 is 22.8 Å². The minimum Gasteiger partial charge on any atom is -0.354 e. The number of aliphatic imine (C=N–C) groups is 1. The van der Waals surface area contributed by atoms with Crippen molar-refractivity contribution in [1.82, 2.24) is 10.6 Å².